The van der Waals surface area contributed by atoms with Crippen molar-refractivity contribution in [3.8, 4) is 0 Å². The Bertz CT molecular complexity index is 215. The molecule has 0 bridgehead atoms. The topological polar surface area (TPSA) is 15.3 Å². The van der Waals surface area contributed by atoms with Gasteiger partial charge in [-0.25, -0.2) is 0 Å². The van der Waals surface area contributed by atoms with Crippen LogP contribution < -0.4 is 5.32 Å². The standard InChI is InChI=1S/C14H28N2/c1-14(2,3)7-10-16-9-4-8-15-13(11-16)12-5-6-12/h12-13,15H,4-11H2,1-3H3. The average Bonchev–Trinajstić information content (AvgIpc) is 3.00. The zero-order valence-electron chi connectivity index (χ0n) is 11.3. The lowest BCUT2D eigenvalue weighted by atomic mass is 9.92. The van der Waals surface area contributed by atoms with Crippen molar-refractivity contribution < 1.29 is 0 Å². The van der Waals surface area contributed by atoms with Crippen LogP contribution in [0.4, 0.5) is 0 Å². The summed E-state index contributed by atoms with van der Waals surface area (Å²) < 4.78 is 0. The molecule has 0 amide bonds. The maximum atomic E-state index is 3.73. The minimum atomic E-state index is 0.481. The third-order valence-corrected chi connectivity index (χ3v) is 3.88. The molecule has 1 heterocycles. The van der Waals surface area contributed by atoms with Crippen LogP contribution >= 0.6 is 0 Å². The van der Waals surface area contributed by atoms with Crippen molar-refractivity contribution >= 4 is 0 Å². The van der Waals surface area contributed by atoms with Gasteiger partial charge in [-0.05, 0) is 56.7 Å². The Balaban J connectivity index is 1.78. The van der Waals surface area contributed by atoms with E-state index < -0.39 is 0 Å². The maximum Gasteiger partial charge on any atom is 0.0223 e. The van der Waals surface area contributed by atoms with Crippen LogP contribution in [-0.4, -0.2) is 37.1 Å². The zero-order chi connectivity index (χ0) is 11.6. The first-order valence-corrected chi connectivity index (χ1v) is 7.00. The predicted molar refractivity (Wildman–Crippen MR) is 69.6 cm³/mol. The first-order valence-electron chi connectivity index (χ1n) is 7.00. The van der Waals surface area contributed by atoms with Crippen LogP contribution in [0.5, 0.6) is 0 Å². The molecule has 0 aromatic carbocycles. The number of hydrogen-bond acceptors (Lipinski definition) is 2. The van der Waals surface area contributed by atoms with Crippen LogP contribution in [0.2, 0.25) is 0 Å². The van der Waals surface area contributed by atoms with Crippen LogP contribution in [0.15, 0.2) is 0 Å². The smallest absolute Gasteiger partial charge is 0.0223 e. The van der Waals surface area contributed by atoms with E-state index >= 15 is 0 Å². The molecule has 1 N–H and O–H groups in total. The lowest BCUT2D eigenvalue weighted by molar-refractivity contribution is 0.219. The van der Waals surface area contributed by atoms with Crippen LogP contribution in [0.3, 0.4) is 0 Å². The summed E-state index contributed by atoms with van der Waals surface area (Å²) in [5.41, 5.74) is 0.481. The summed E-state index contributed by atoms with van der Waals surface area (Å²) >= 11 is 0. The van der Waals surface area contributed by atoms with E-state index in [-0.39, 0.29) is 0 Å². The van der Waals surface area contributed by atoms with Gasteiger partial charge in [-0.2, -0.15) is 0 Å². The molecular weight excluding hydrogens is 196 g/mol. The average molecular weight is 224 g/mol. The second-order valence-corrected chi connectivity index (χ2v) is 6.86. The Morgan fingerprint density at radius 1 is 1.25 bits per heavy atom. The molecule has 1 aliphatic carbocycles. The van der Waals surface area contributed by atoms with Gasteiger partial charge in [-0.3, -0.25) is 0 Å². The van der Waals surface area contributed by atoms with Gasteiger partial charge in [0.05, 0.1) is 0 Å². The van der Waals surface area contributed by atoms with Crippen molar-refractivity contribution in [2.24, 2.45) is 11.3 Å². The second kappa shape index (κ2) is 5.05. The zero-order valence-corrected chi connectivity index (χ0v) is 11.3. The highest BCUT2D eigenvalue weighted by molar-refractivity contribution is 4.90. The van der Waals surface area contributed by atoms with Gasteiger partial charge in [-0.1, -0.05) is 20.8 Å². The molecule has 2 aliphatic rings. The molecule has 0 aromatic heterocycles. The maximum absolute atomic E-state index is 3.73. The molecule has 1 unspecified atom stereocenters. The third-order valence-electron chi connectivity index (χ3n) is 3.88. The molecular formula is C14H28N2. The van der Waals surface area contributed by atoms with Gasteiger partial charge >= 0.3 is 0 Å². The summed E-state index contributed by atoms with van der Waals surface area (Å²) in [6, 6.07) is 0.794. The van der Waals surface area contributed by atoms with Crippen LogP contribution in [0.25, 0.3) is 0 Å². The van der Waals surface area contributed by atoms with E-state index in [0.29, 0.717) is 5.41 Å². The normalized spacial score (nSPS) is 29.1. The minimum absolute atomic E-state index is 0.481. The Hall–Kier alpha value is -0.0800. The number of nitrogens with zero attached hydrogens (tertiary/aromatic N) is 1. The first-order chi connectivity index (χ1) is 7.54. The summed E-state index contributed by atoms with van der Waals surface area (Å²) in [4.78, 5) is 2.69. The van der Waals surface area contributed by atoms with Gasteiger partial charge in [0.15, 0.2) is 0 Å². The molecule has 94 valence electrons. The van der Waals surface area contributed by atoms with E-state index in [2.05, 4.69) is 31.0 Å². The van der Waals surface area contributed by atoms with E-state index in [1.165, 1.54) is 51.9 Å². The van der Waals surface area contributed by atoms with E-state index in [1.54, 1.807) is 0 Å². The summed E-state index contributed by atoms with van der Waals surface area (Å²) in [6.45, 7) is 12.2. The molecule has 2 nitrogen and oxygen atoms in total. The number of nitrogens with one attached hydrogen (secondary N) is 1. The fraction of sp³-hybridized carbons (Fsp3) is 1.00. The van der Waals surface area contributed by atoms with Crippen LogP contribution in [0.1, 0.15) is 46.5 Å². The summed E-state index contributed by atoms with van der Waals surface area (Å²) in [7, 11) is 0. The molecule has 16 heavy (non-hydrogen) atoms. The lowest BCUT2D eigenvalue weighted by Gasteiger charge is -2.27. The minimum Gasteiger partial charge on any atom is -0.312 e. The van der Waals surface area contributed by atoms with Gasteiger partial charge in [0.2, 0.25) is 0 Å². The Labute approximate surface area is 101 Å². The SMILES string of the molecule is CC(C)(C)CCN1CCCNC(C2CC2)C1. The summed E-state index contributed by atoms with van der Waals surface area (Å²) in [5, 5.41) is 3.73. The van der Waals surface area contributed by atoms with Gasteiger partial charge in [-0.15, -0.1) is 0 Å². The van der Waals surface area contributed by atoms with Crippen molar-refractivity contribution in [3.05, 3.63) is 0 Å². The Morgan fingerprint density at radius 2 is 2.00 bits per heavy atom. The van der Waals surface area contributed by atoms with Crippen LogP contribution in [-0.2, 0) is 0 Å². The quantitative estimate of drug-likeness (QED) is 0.792. The monoisotopic (exact) mass is 224 g/mol. The van der Waals surface area contributed by atoms with Crippen molar-refractivity contribution in [1.82, 2.24) is 10.2 Å². The molecule has 2 heteroatoms. The van der Waals surface area contributed by atoms with Crippen molar-refractivity contribution in [2.45, 2.75) is 52.5 Å². The van der Waals surface area contributed by atoms with E-state index in [0.717, 1.165) is 12.0 Å². The molecule has 1 aliphatic heterocycles. The fourth-order valence-corrected chi connectivity index (χ4v) is 2.54. The molecule has 0 aromatic rings. The molecule has 2 fully saturated rings. The number of rotatable bonds is 3. The molecule has 1 saturated carbocycles. The highest BCUT2D eigenvalue weighted by Gasteiger charge is 2.33. The van der Waals surface area contributed by atoms with Gasteiger partial charge in [0.1, 0.15) is 0 Å². The van der Waals surface area contributed by atoms with Gasteiger partial charge in [0, 0.05) is 12.6 Å². The molecule has 1 atom stereocenters. The predicted octanol–water partition coefficient (Wildman–Crippen LogP) is 2.50. The summed E-state index contributed by atoms with van der Waals surface area (Å²) in [5.74, 6) is 0.996. The van der Waals surface area contributed by atoms with Crippen molar-refractivity contribution in [2.75, 3.05) is 26.2 Å². The molecule has 0 spiro atoms. The first kappa shape index (κ1) is 12.4. The van der Waals surface area contributed by atoms with Crippen LogP contribution in [0, 0.1) is 11.3 Å². The molecule has 0 radical (unpaired) electrons. The van der Waals surface area contributed by atoms with Crippen molar-refractivity contribution in [1.29, 1.82) is 0 Å². The molecule has 1 saturated heterocycles. The second-order valence-electron chi connectivity index (χ2n) is 6.86. The Kier molecular flexibility index (Phi) is 3.91. The highest BCUT2D eigenvalue weighted by atomic mass is 15.2. The van der Waals surface area contributed by atoms with E-state index in [1.807, 2.05) is 0 Å². The lowest BCUT2D eigenvalue weighted by Crippen LogP contribution is -2.40. The fourth-order valence-electron chi connectivity index (χ4n) is 2.54. The summed E-state index contributed by atoms with van der Waals surface area (Å²) in [6.07, 6.45) is 5.58. The number of hydrogen-bond donors (Lipinski definition) is 1. The van der Waals surface area contributed by atoms with Crippen molar-refractivity contribution in [3.63, 3.8) is 0 Å². The van der Waals surface area contributed by atoms with Gasteiger partial charge < -0.3 is 10.2 Å². The van der Waals surface area contributed by atoms with E-state index in [4.69, 9.17) is 0 Å². The third kappa shape index (κ3) is 4.06. The highest BCUT2D eigenvalue weighted by Crippen LogP contribution is 2.33. The van der Waals surface area contributed by atoms with Gasteiger partial charge in [0.25, 0.3) is 0 Å². The molecule has 2 rings (SSSR count). The van der Waals surface area contributed by atoms with E-state index in [9.17, 15) is 0 Å². The largest absolute Gasteiger partial charge is 0.312 e. The Morgan fingerprint density at radius 3 is 2.62 bits per heavy atom.